The number of ether oxygens (including phenoxy) is 1. The summed E-state index contributed by atoms with van der Waals surface area (Å²) < 4.78 is 19.1. The molecule has 0 unspecified atom stereocenters. The van der Waals surface area contributed by atoms with Gasteiger partial charge in [0.2, 0.25) is 17.6 Å². The molecule has 37 heavy (non-hydrogen) atoms. The lowest BCUT2D eigenvalue weighted by Crippen LogP contribution is -2.51. The van der Waals surface area contributed by atoms with E-state index in [1.807, 2.05) is 20.8 Å². The van der Waals surface area contributed by atoms with Gasteiger partial charge in [-0.15, -0.1) is 10.2 Å². The van der Waals surface area contributed by atoms with Crippen LogP contribution in [0.25, 0.3) is 11.4 Å². The first-order valence-corrected chi connectivity index (χ1v) is 12.1. The molecule has 3 aromatic rings. The summed E-state index contributed by atoms with van der Waals surface area (Å²) >= 11 is 0. The minimum Gasteiger partial charge on any atom is -0.508 e. The fourth-order valence-corrected chi connectivity index (χ4v) is 4.16. The number of carbonyl (C=O) groups is 2. The van der Waals surface area contributed by atoms with Gasteiger partial charge >= 0.3 is 0 Å². The minimum atomic E-state index is -0.975. The van der Waals surface area contributed by atoms with Crippen molar-refractivity contribution >= 4 is 11.8 Å². The predicted octanol–water partition coefficient (Wildman–Crippen LogP) is 2.85. The molecule has 2 amide bonds. The van der Waals surface area contributed by atoms with Crippen LogP contribution >= 0.6 is 0 Å². The molecule has 196 valence electrons. The third-order valence-electron chi connectivity index (χ3n) is 5.84. The van der Waals surface area contributed by atoms with Gasteiger partial charge in [-0.25, -0.2) is 4.39 Å². The first-order valence-electron chi connectivity index (χ1n) is 12.1. The Morgan fingerprint density at radius 1 is 1.19 bits per heavy atom. The molecule has 2 heterocycles. The van der Waals surface area contributed by atoms with Crippen LogP contribution in [0.3, 0.4) is 0 Å². The van der Waals surface area contributed by atoms with Crippen LogP contribution in [0.4, 0.5) is 4.39 Å². The number of benzene rings is 2. The number of halogens is 1. The first kappa shape index (κ1) is 26.2. The highest BCUT2D eigenvalue weighted by molar-refractivity contribution is 5.89. The molecule has 0 radical (unpaired) electrons. The Hall–Kier alpha value is -3.86. The molecule has 0 spiro atoms. The van der Waals surface area contributed by atoms with Crippen molar-refractivity contribution in [1.29, 1.82) is 0 Å². The average Bonchev–Trinajstić information content (AvgIpc) is 3.51. The van der Waals surface area contributed by atoms with Crippen molar-refractivity contribution in [2.45, 2.75) is 57.8 Å². The van der Waals surface area contributed by atoms with Gasteiger partial charge in [0.05, 0.1) is 6.10 Å². The van der Waals surface area contributed by atoms with Crippen LogP contribution < -0.4 is 5.32 Å². The van der Waals surface area contributed by atoms with Gasteiger partial charge in [0.15, 0.2) is 0 Å². The topological polar surface area (TPSA) is 122 Å². The summed E-state index contributed by atoms with van der Waals surface area (Å²) in [6.07, 6.45) is 1.42. The number of aromatic nitrogens is 4. The molecule has 10 nitrogen and oxygen atoms in total. The fraction of sp³-hybridized carbons (Fsp3) is 0.423. The highest BCUT2D eigenvalue weighted by Gasteiger charge is 2.36. The number of nitrogens with one attached hydrogen (secondary N) is 1. The van der Waals surface area contributed by atoms with E-state index in [9.17, 15) is 19.1 Å². The molecule has 1 aliphatic heterocycles. The third kappa shape index (κ3) is 6.88. The average molecular weight is 511 g/mol. The smallest absolute Gasteiger partial charge is 0.247 e. The highest BCUT2D eigenvalue weighted by Crippen LogP contribution is 2.27. The largest absolute Gasteiger partial charge is 0.508 e. The molecule has 2 atom stereocenters. The van der Waals surface area contributed by atoms with Crippen LogP contribution in [0.1, 0.15) is 45.2 Å². The van der Waals surface area contributed by atoms with Gasteiger partial charge in [0.1, 0.15) is 24.2 Å². The van der Waals surface area contributed by atoms with Crippen LogP contribution in [0, 0.1) is 5.82 Å². The van der Waals surface area contributed by atoms with Crippen molar-refractivity contribution in [3.05, 3.63) is 59.9 Å². The maximum absolute atomic E-state index is 13.7. The maximum atomic E-state index is 13.7. The number of tetrazole rings is 1. The van der Waals surface area contributed by atoms with Crippen LogP contribution in [0.2, 0.25) is 0 Å². The molecule has 11 heteroatoms. The molecule has 1 fully saturated rings. The monoisotopic (exact) mass is 510 g/mol. The molecule has 2 aromatic carbocycles. The van der Waals surface area contributed by atoms with Crippen LogP contribution in [-0.4, -0.2) is 66.8 Å². The van der Waals surface area contributed by atoms with Crippen molar-refractivity contribution in [3.8, 4) is 17.1 Å². The summed E-state index contributed by atoms with van der Waals surface area (Å²) in [6, 6.07) is 10.9. The van der Waals surface area contributed by atoms with Crippen molar-refractivity contribution in [1.82, 2.24) is 30.4 Å². The molecule has 0 aliphatic carbocycles. The lowest BCUT2D eigenvalue weighted by Gasteiger charge is -2.35. The molecular formula is C26H31FN6O4. The van der Waals surface area contributed by atoms with E-state index < -0.39 is 17.5 Å². The van der Waals surface area contributed by atoms with Crippen molar-refractivity contribution in [2.24, 2.45) is 0 Å². The number of phenolic OH excluding ortho intramolecular Hbond substituents is 1. The number of nitrogens with zero attached hydrogens (tertiary/aromatic N) is 5. The number of carbonyl (C=O) groups excluding carboxylic acids is 2. The predicted molar refractivity (Wildman–Crippen MR) is 133 cm³/mol. The molecule has 1 saturated heterocycles. The summed E-state index contributed by atoms with van der Waals surface area (Å²) in [5.74, 6) is -0.844. The maximum Gasteiger partial charge on any atom is 0.247 e. The molecule has 2 N–H and O–H groups in total. The number of amides is 2. The van der Waals surface area contributed by atoms with E-state index in [-0.39, 0.29) is 42.5 Å². The van der Waals surface area contributed by atoms with Gasteiger partial charge in [-0.1, -0.05) is 12.1 Å². The van der Waals surface area contributed by atoms with Gasteiger partial charge in [0, 0.05) is 24.3 Å². The quantitative estimate of drug-likeness (QED) is 0.478. The number of aromatic hydroxyl groups is 1. The lowest BCUT2D eigenvalue weighted by atomic mass is 10.0. The Morgan fingerprint density at radius 2 is 1.89 bits per heavy atom. The zero-order chi connectivity index (χ0) is 26.6. The Bertz CT molecular complexity index is 1220. The standard InChI is InChI=1S/C26H31FN6O4/c1-26(2,3)28-25(36)23(17-8-12-20(34)13-9-17)32(15-21-5-4-14-37-21)22(35)16-33-30-24(29-31-33)18-6-10-19(27)11-7-18/h6-13,21,23,34H,4-5,14-16H2,1-3H3,(H,28,36)/t21-,23-/m1/s1. The third-order valence-corrected chi connectivity index (χ3v) is 5.84. The van der Waals surface area contributed by atoms with Crippen molar-refractivity contribution in [2.75, 3.05) is 13.2 Å². The molecular weight excluding hydrogens is 479 g/mol. The Balaban J connectivity index is 1.64. The van der Waals surface area contributed by atoms with Crippen LogP contribution in [-0.2, 0) is 20.9 Å². The fourth-order valence-electron chi connectivity index (χ4n) is 4.16. The number of rotatable bonds is 8. The molecule has 1 aromatic heterocycles. The number of hydrogen-bond donors (Lipinski definition) is 2. The van der Waals surface area contributed by atoms with E-state index in [0.29, 0.717) is 17.7 Å². The van der Waals surface area contributed by atoms with E-state index in [2.05, 4.69) is 20.7 Å². The summed E-state index contributed by atoms with van der Waals surface area (Å²) in [4.78, 5) is 29.9. The Labute approximate surface area is 214 Å². The zero-order valence-corrected chi connectivity index (χ0v) is 21.1. The second-order valence-electron chi connectivity index (χ2n) is 10.1. The van der Waals surface area contributed by atoms with E-state index in [4.69, 9.17) is 4.74 Å². The summed E-state index contributed by atoms with van der Waals surface area (Å²) in [5.41, 5.74) is 0.565. The number of hydrogen-bond acceptors (Lipinski definition) is 7. The second kappa shape index (κ2) is 11.0. The SMILES string of the molecule is CC(C)(C)NC(=O)[C@@H](c1ccc(O)cc1)N(C[C@H]1CCCO1)C(=O)Cn1nnc(-c2ccc(F)cc2)n1. The van der Waals surface area contributed by atoms with Crippen LogP contribution in [0.15, 0.2) is 48.5 Å². The Kier molecular flexibility index (Phi) is 7.82. The zero-order valence-electron chi connectivity index (χ0n) is 21.1. The van der Waals surface area contributed by atoms with Gasteiger partial charge in [-0.05, 0) is 80.8 Å². The van der Waals surface area contributed by atoms with Gasteiger partial charge in [0.25, 0.3) is 0 Å². The van der Waals surface area contributed by atoms with Crippen molar-refractivity contribution < 1.29 is 23.8 Å². The van der Waals surface area contributed by atoms with E-state index >= 15 is 0 Å². The van der Waals surface area contributed by atoms with Gasteiger partial charge in [-0.2, -0.15) is 4.80 Å². The first-order chi connectivity index (χ1) is 17.6. The molecule has 0 saturated carbocycles. The Morgan fingerprint density at radius 3 is 2.51 bits per heavy atom. The van der Waals surface area contributed by atoms with Crippen LogP contribution in [0.5, 0.6) is 5.75 Å². The van der Waals surface area contributed by atoms with Crippen molar-refractivity contribution in [3.63, 3.8) is 0 Å². The van der Waals surface area contributed by atoms with E-state index in [0.717, 1.165) is 17.6 Å². The second-order valence-corrected chi connectivity index (χ2v) is 10.1. The highest BCUT2D eigenvalue weighted by atomic mass is 19.1. The summed E-state index contributed by atoms with van der Waals surface area (Å²) in [7, 11) is 0. The lowest BCUT2D eigenvalue weighted by molar-refractivity contribution is -0.144. The van der Waals surface area contributed by atoms with Gasteiger partial charge < -0.3 is 20.1 Å². The normalized spacial score (nSPS) is 16.4. The van der Waals surface area contributed by atoms with Gasteiger partial charge in [-0.3, -0.25) is 9.59 Å². The molecule has 1 aliphatic rings. The van der Waals surface area contributed by atoms with E-state index in [1.54, 1.807) is 12.1 Å². The number of phenols is 1. The molecule has 4 rings (SSSR count). The molecule has 0 bridgehead atoms. The summed E-state index contributed by atoms with van der Waals surface area (Å²) in [6.45, 7) is 6.11. The summed E-state index contributed by atoms with van der Waals surface area (Å²) in [5, 5.41) is 25.0. The minimum absolute atomic E-state index is 0.0517. The van der Waals surface area contributed by atoms with E-state index in [1.165, 1.54) is 41.3 Å².